The van der Waals surface area contributed by atoms with Crippen LogP contribution in [0.4, 0.5) is 0 Å². The minimum absolute atomic E-state index is 0.0396. The van der Waals surface area contributed by atoms with Gasteiger partial charge < -0.3 is 27.9 Å². The molecule has 0 fully saturated rings. The van der Waals surface area contributed by atoms with Gasteiger partial charge in [-0.15, -0.1) is 0 Å². The van der Waals surface area contributed by atoms with E-state index in [-0.39, 0.29) is 32.0 Å². The molecule has 0 aromatic rings. The molecule has 0 aromatic heterocycles. The number of ether oxygens (including phenoxy) is 2. The van der Waals surface area contributed by atoms with Crippen molar-refractivity contribution in [2.45, 2.75) is 354 Å². The molecule has 90 heavy (non-hydrogen) atoms. The number of quaternary nitrogens is 1. The van der Waals surface area contributed by atoms with Crippen LogP contribution in [0.1, 0.15) is 348 Å². The lowest BCUT2D eigenvalue weighted by Crippen LogP contribution is -2.37. The third-order valence-corrected chi connectivity index (χ3v) is 17.6. The minimum atomic E-state index is -4.66. The van der Waals surface area contributed by atoms with Gasteiger partial charge >= 0.3 is 11.9 Å². The zero-order valence-corrected chi connectivity index (χ0v) is 60.5. The summed E-state index contributed by atoms with van der Waals surface area (Å²) in [5.74, 6) is -0.855. The number of hydrogen-bond acceptors (Lipinski definition) is 8. The Morgan fingerprint density at radius 1 is 0.356 bits per heavy atom. The van der Waals surface area contributed by atoms with Crippen LogP contribution in [0.25, 0.3) is 0 Å². The predicted molar refractivity (Wildman–Crippen MR) is 388 cm³/mol. The Balaban J connectivity index is 4.01. The summed E-state index contributed by atoms with van der Waals surface area (Å²) < 4.78 is 34.3. The average Bonchev–Trinajstić information content (AvgIpc) is 3.58. The van der Waals surface area contributed by atoms with Crippen LogP contribution in [0.2, 0.25) is 0 Å². The first-order valence-electron chi connectivity index (χ1n) is 37.9. The maximum absolute atomic E-state index is 12.9. The lowest BCUT2D eigenvalue weighted by molar-refractivity contribution is -0.870. The molecule has 2 unspecified atom stereocenters. The first kappa shape index (κ1) is 86.9. The molecular formula is C80H144NO8P. The van der Waals surface area contributed by atoms with E-state index in [1.54, 1.807) is 0 Å². The van der Waals surface area contributed by atoms with Gasteiger partial charge in [-0.05, 0) is 77.0 Å². The zero-order valence-electron chi connectivity index (χ0n) is 59.6. The predicted octanol–water partition coefficient (Wildman–Crippen LogP) is 24.4. The molecule has 0 amide bonds. The van der Waals surface area contributed by atoms with Crippen LogP contribution in [-0.2, 0) is 32.7 Å². The number of hydrogen-bond donors (Lipinski definition) is 0. The molecule has 0 spiro atoms. The number of carbonyl (C=O) groups excluding carboxylic acids is 2. The van der Waals surface area contributed by atoms with E-state index in [4.69, 9.17) is 18.5 Å². The molecule has 0 rings (SSSR count). The van der Waals surface area contributed by atoms with E-state index in [2.05, 4.69) is 111 Å². The third kappa shape index (κ3) is 74.0. The SMILES string of the molecule is CC/C=C\C/C=C\C/C=C\C/C=C\C/C=C\C/C=C\C/C=C\C/C=C\CCCCCCC(=O)OC(COC(=O)CCCCCCCCCCCCCCCCCCCCCCCCCCCCCCCCCCCCCCC)COP(=O)([O-])OCC[N+](C)(C)C. The number of nitrogens with zero attached hydrogens (tertiary/aromatic N) is 1. The molecule has 0 heterocycles. The van der Waals surface area contributed by atoms with E-state index in [0.29, 0.717) is 17.4 Å². The van der Waals surface area contributed by atoms with E-state index in [9.17, 15) is 19.0 Å². The van der Waals surface area contributed by atoms with Crippen LogP contribution in [0.15, 0.2) is 97.2 Å². The zero-order chi connectivity index (χ0) is 65.5. The van der Waals surface area contributed by atoms with Crippen LogP contribution < -0.4 is 4.89 Å². The van der Waals surface area contributed by atoms with E-state index >= 15 is 0 Å². The van der Waals surface area contributed by atoms with E-state index in [1.807, 2.05) is 21.1 Å². The van der Waals surface area contributed by atoms with Crippen molar-refractivity contribution in [3.8, 4) is 0 Å². The Labute approximate surface area is 557 Å². The average molecular weight is 1280 g/mol. The highest BCUT2D eigenvalue weighted by Gasteiger charge is 2.22. The number of phosphoric ester groups is 1. The van der Waals surface area contributed by atoms with Crippen molar-refractivity contribution in [1.29, 1.82) is 0 Å². The number of allylic oxidation sites excluding steroid dienone is 16. The van der Waals surface area contributed by atoms with Crippen molar-refractivity contribution < 1.29 is 42.1 Å². The Hall–Kier alpha value is -3.07. The summed E-state index contributed by atoms with van der Waals surface area (Å²) in [6, 6.07) is 0. The summed E-state index contributed by atoms with van der Waals surface area (Å²) in [4.78, 5) is 38.1. The second-order valence-electron chi connectivity index (χ2n) is 26.6. The van der Waals surface area contributed by atoms with Gasteiger partial charge in [-0.3, -0.25) is 14.2 Å². The Bertz CT molecular complexity index is 1840. The van der Waals surface area contributed by atoms with Crippen molar-refractivity contribution >= 4 is 19.8 Å². The fourth-order valence-corrected chi connectivity index (χ4v) is 11.6. The molecule has 0 aromatic carbocycles. The summed E-state index contributed by atoms with van der Waals surface area (Å²) in [6.45, 7) is 4.13. The van der Waals surface area contributed by atoms with Crippen molar-refractivity contribution in [2.24, 2.45) is 0 Å². The minimum Gasteiger partial charge on any atom is -0.756 e. The lowest BCUT2D eigenvalue weighted by Gasteiger charge is -2.28. The maximum atomic E-state index is 12.9. The Morgan fingerprint density at radius 2 is 0.633 bits per heavy atom. The fourth-order valence-electron chi connectivity index (χ4n) is 10.9. The van der Waals surface area contributed by atoms with E-state index in [1.165, 1.54) is 218 Å². The van der Waals surface area contributed by atoms with Crippen molar-refractivity contribution in [1.82, 2.24) is 0 Å². The van der Waals surface area contributed by atoms with Gasteiger partial charge in [0.25, 0.3) is 7.82 Å². The maximum Gasteiger partial charge on any atom is 0.306 e. The highest BCUT2D eigenvalue weighted by molar-refractivity contribution is 7.45. The topological polar surface area (TPSA) is 111 Å². The number of carbonyl (C=O) groups is 2. The third-order valence-electron chi connectivity index (χ3n) is 16.6. The molecule has 522 valence electrons. The van der Waals surface area contributed by atoms with Gasteiger partial charge in [-0.25, -0.2) is 0 Å². The first-order chi connectivity index (χ1) is 44.0. The molecule has 0 aliphatic carbocycles. The van der Waals surface area contributed by atoms with Gasteiger partial charge in [0.15, 0.2) is 6.10 Å². The monoisotopic (exact) mass is 1280 g/mol. The van der Waals surface area contributed by atoms with Crippen LogP contribution in [0.3, 0.4) is 0 Å². The fraction of sp³-hybridized carbons (Fsp3) is 0.775. The largest absolute Gasteiger partial charge is 0.756 e. The Kier molecular flexibility index (Phi) is 67.9. The molecule has 0 aliphatic rings. The molecule has 0 aliphatic heterocycles. The molecular weight excluding hydrogens is 1130 g/mol. The van der Waals surface area contributed by atoms with Crippen molar-refractivity contribution in [3.05, 3.63) is 97.2 Å². The van der Waals surface area contributed by atoms with Crippen LogP contribution >= 0.6 is 7.82 Å². The smallest absolute Gasteiger partial charge is 0.306 e. The quantitative estimate of drug-likeness (QED) is 0.0195. The highest BCUT2D eigenvalue weighted by atomic mass is 31.2. The number of rotatable bonds is 70. The second-order valence-corrected chi connectivity index (χ2v) is 28.1. The normalized spacial score (nSPS) is 13.6. The van der Waals surface area contributed by atoms with Gasteiger partial charge in [-0.2, -0.15) is 0 Å². The number of likely N-dealkylation sites (N-methyl/N-ethyl adjacent to an activating group) is 1. The van der Waals surface area contributed by atoms with Crippen LogP contribution in [-0.4, -0.2) is 70.0 Å². The second kappa shape index (κ2) is 70.3. The van der Waals surface area contributed by atoms with E-state index in [0.717, 1.165) is 96.3 Å². The molecule has 0 bridgehead atoms. The number of unbranched alkanes of at least 4 members (excludes halogenated alkanes) is 40. The molecule has 9 nitrogen and oxygen atoms in total. The van der Waals surface area contributed by atoms with Gasteiger partial charge in [0.2, 0.25) is 0 Å². The van der Waals surface area contributed by atoms with Crippen LogP contribution in [0, 0.1) is 0 Å². The van der Waals surface area contributed by atoms with Gasteiger partial charge in [0, 0.05) is 12.8 Å². The van der Waals surface area contributed by atoms with Gasteiger partial charge in [-0.1, -0.05) is 355 Å². The number of phosphoric acid groups is 1. The standard InChI is InChI=1S/C80H144NO8P/c1-6-8-10-12-14-16-18-20-22-24-26-28-30-32-34-36-37-38-39-40-41-42-43-45-46-48-50-52-54-56-58-60-62-64-66-68-70-72-79(82)86-76-78(77-88-90(84,85)87-75-74-81(3,4)5)89-80(83)73-71-69-67-65-63-61-59-57-55-53-51-49-47-44-35-33-31-29-27-25-23-21-19-17-15-13-11-9-7-2/h9,11,15,17,21,23,27,29,33,35,47,49,53,55,59,61,78H,6-8,10,12-14,16,18-20,22,24-26,28,30-32,34,36-46,48,50-52,54,56-58,60,62-77H2,1-5H3/b11-9-,17-15-,23-21-,29-27-,35-33-,49-47-,55-53-,61-59-. The Morgan fingerprint density at radius 3 is 0.944 bits per heavy atom. The molecule has 0 saturated carbocycles. The van der Waals surface area contributed by atoms with Crippen molar-refractivity contribution in [3.63, 3.8) is 0 Å². The lowest BCUT2D eigenvalue weighted by atomic mass is 10.0. The summed E-state index contributed by atoms with van der Waals surface area (Å²) in [5, 5.41) is 0. The summed E-state index contributed by atoms with van der Waals surface area (Å²) >= 11 is 0. The molecule has 2 atom stereocenters. The first-order valence-corrected chi connectivity index (χ1v) is 39.4. The highest BCUT2D eigenvalue weighted by Crippen LogP contribution is 2.38. The number of esters is 2. The molecule has 0 saturated heterocycles. The summed E-state index contributed by atoms with van der Waals surface area (Å²) in [6.07, 6.45) is 98.1. The molecule has 10 heteroatoms. The van der Waals surface area contributed by atoms with E-state index < -0.39 is 26.5 Å². The molecule has 0 radical (unpaired) electrons. The van der Waals surface area contributed by atoms with Gasteiger partial charge in [0.1, 0.15) is 19.8 Å². The van der Waals surface area contributed by atoms with Crippen LogP contribution in [0.5, 0.6) is 0 Å². The van der Waals surface area contributed by atoms with Gasteiger partial charge in [0.05, 0.1) is 27.7 Å². The molecule has 0 N–H and O–H groups in total. The summed E-state index contributed by atoms with van der Waals surface area (Å²) in [5.41, 5.74) is 0. The summed E-state index contributed by atoms with van der Waals surface area (Å²) in [7, 11) is 1.15. The van der Waals surface area contributed by atoms with Crippen molar-refractivity contribution in [2.75, 3.05) is 47.5 Å².